The van der Waals surface area contributed by atoms with Crippen LogP contribution in [0.1, 0.15) is 58.1 Å². The number of ether oxygens (including phenoxy) is 1. The SMILES string of the molecule is CC[C@@H](CC[C@H](I)Nc1ncc2nc(-c3ccc(NS(=O)(=O)c4ccccc4C#N)c(F)c3)cc(C)c2n1)NC(=O)OC(C)(C)C. The van der Waals surface area contributed by atoms with E-state index in [0.29, 0.717) is 28.2 Å². The number of halogens is 2. The number of nitrogens with one attached hydrogen (secondary N) is 3. The number of carbonyl (C=O) groups excluding carboxylic acids is 1. The number of benzene rings is 2. The number of amides is 1. The van der Waals surface area contributed by atoms with Crippen LogP contribution in [0.25, 0.3) is 22.3 Å². The molecule has 0 unspecified atom stereocenters. The molecule has 0 fully saturated rings. The van der Waals surface area contributed by atoms with Crippen LogP contribution >= 0.6 is 22.6 Å². The summed E-state index contributed by atoms with van der Waals surface area (Å²) in [6, 6.07) is 13.3. The zero-order chi connectivity index (χ0) is 33.6. The van der Waals surface area contributed by atoms with Crippen LogP contribution in [0.3, 0.4) is 0 Å². The van der Waals surface area contributed by atoms with Crippen LogP contribution in [-0.4, -0.2) is 45.2 Å². The van der Waals surface area contributed by atoms with Gasteiger partial charge in [0, 0.05) is 11.6 Å². The number of fused-ring (bicyclic) bond motifs is 1. The summed E-state index contributed by atoms with van der Waals surface area (Å²) in [5.41, 5.74) is 1.97. The van der Waals surface area contributed by atoms with E-state index in [0.717, 1.165) is 24.8 Å². The molecule has 0 aliphatic heterocycles. The van der Waals surface area contributed by atoms with Gasteiger partial charge in [-0.05, 0) is 82.9 Å². The van der Waals surface area contributed by atoms with Gasteiger partial charge < -0.3 is 15.4 Å². The second kappa shape index (κ2) is 14.5. The first-order valence-corrected chi connectivity index (χ1v) is 17.3. The van der Waals surface area contributed by atoms with E-state index in [2.05, 4.69) is 52.9 Å². The predicted octanol–water partition coefficient (Wildman–Crippen LogP) is 7.07. The number of alkyl carbamates (subject to hydrolysis) is 1. The quantitative estimate of drug-likeness (QED) is 0.0827. The summed E-state index contributed by atoms with van der Waals surface area (Å²) in [5, 5.41) is 15.5. The van der Waals surface area contributed by atoms with E-state index in [1.54, 1.807) is 24.4 Å². The van der Waals surface area contributed by atoms with Crippen molar-refractivity contribution >= 4 is 61.4 Å². The summed E-state index contributed by atoms with van der Waals surface area (Å²) >= 11 is 2.27. The Kier molecular flexibility index (Phi) is 11.0. The molecule has 0 saturated heterocycles. The summed E-state index contributed by atoms with van der Waals surface area (Å²) in [4.78, 5) is 25.6. The van der Waals surface area contributed by atoms with Gasteiger partial charge in [0.1, 0.15) is 27.9 Å². The third-order valence-electron chi connectivity index (χ3n) is 6.81. The van der Waals surface area contributed by atoms with E-state index in [-0.39, 0.29) is 26.2 Å². The smallest absolute Gasteiger partial charge is 0.407 e. The Morgan fingerprint density at radius 3 is 2.54 bits per heavy atom. The number of alkyl halides is 1. The number of aromatic nitrogens is 3. The molecule has 4 rings (SSSR count). The van der Waals surface area contributed by atoms with E-state index < -0.39 is 27.5 Å². The lowest BCUT2D eigenvalue weighted by Gasteiger charge is -2.23. The molecule has 0 spiro atoms. The Bertz CT molecular complexity index is 1890. The Morgan fingerprint density at radius 2 is 1.87 bits per heavy atom. The normalized spacial score (nSPS) is 13.0. The highest BCUT2D eigenvalue weighted by atomic mass is 127. The van der Waals surface area contributed by atoms with Gasteiger partial charge in [-0.3, -0.25) is 4.72 Å². The van der Waals surface area contributed by atoms with E-state index in [1.807, 2.05) is 40.7 Å². The molecule has 0 aliphatic carbocycles. The zero-order valence-corrected chi connectivity index (χ0v) is 29.0. The Hall–Kier alpha value is -4.10. The van der Waals surface area contributed by atoms with Crippen LogP contribution in [0.15, 0.2) is 59.6 Å². The molecule has 1 amide bonds. The minimum Gasteiger partial charge on any atom is -0.444 e. The fourth-order valence-electron chi connectivity index (χ4n) is 4.56. The standard InChI is InChI=1S/C32H35FIN7O4S/c1-6-22(37-31(42)45-32(3,4)5)12-14-28(34)39-30-36-18-26-29(40-30)19(2)15-25(38-26)20-11-13-24(23(33)16-20)41-46(43,44)27-10-8-7-9-21(27)17-35/h7-11,13,15-16,18,22,28,41H,6,12,14H2,1-5H3,(H,37,42)(H,36,39,40)/t22-,28+/m0/s1. The van der Waals surface area contributed by atoms with Crippen molar-refractivity contribution in [2.75, 3.05) is 10.0 Å². The average molecular weight is 760 g/mol. The molecule has 3 N–H and O–H groups in total. The van der Waals surface area contributed by atoms with Crippen molar-refractivity contribution in [1.29, 1.82) is 5.26 Å². The van der Waals surface area contributed by atoms with Crippen molar-refractivity contribution in [2.45, 2.75) is 74.5 Å². The topological polar surface area (TPSA) is 159 Å². The average Bonchev–Trinajstić information content (AvgIpc) is 2.99. The highest BCUT2D eigenvalue weighted by Crippen LogP contribution is 2.29. The third-order valence-corrected chi connectivity index (χ3v) is 9.17. The van der Waals surface area contributed by atoms with Crippen LogP contribution in [-0.2, 0) is 14.8 Å². The van der Waals surface area contributed by atoms with Crippen molar-refractivity contribution in [2.24, 2.45) is 0 Å². The molecular formula is C32H35FIN7O4S. The van der Waals surface area contributed by atoms with E-state index >= 15 is 4.39 Å². The third kappa shape index (κ3) is 9.00. The van der Waals surface area contributed by atoms with Crippen LogP contribution in [0.5, 0.6) is 0 Å². The van der Waals surface area contributed by atoms with Crippen molar-refractivity contribution in [3.8, 4) is 17.3 Å². The number of hydrogen-bond donors (Lipinski definition) is 3. The highest BCUT2D eigenvalue weighted by molar-refractivity contribution is 14.1. The van der Waals surface area contributed by atoms with Crippen LogP contribution in [0.4, 0.5) is 20.8 Å². The zero-order valence-electron chi connectivity index (χ0n) is 26.1. The fraction of sp³-hybridized carbons (Fsp3) is 0.344. The summed E-state index contributed by atoms with van der Waals surface area (Å²) in [5.74, 6) is -0.371. The highest BCUT2D eigenvalue weighted by Gasteiger charge is 2.22. The first-order chi connectivity index (χ1) is 21.7. The molecule has 242 valence electrons. The van der Waals surface area contributed by atoms with Crippen molar-refractivity contribution in [1.82, 2.24) is 20.3 Å². The minimum atomic E-state index is -4.20. The van der Waals surface area contributed by atoms with Gasteiger partial charge in [0.2, 0.25) is 5.95 Å². The molecule has 4 aromatic rings. The number of aryl methyl sites for hydroxylation is 1. The summed E-state index contributed by atoms with van der Waals surface area (Å²) < 4.78 is 48.4. The molecule has 11 nitrogen and oxygen atoms in total. The lowest BCUT2D eigenvalue weighted by Crippen LogP contribution is -2.39. The second-order valence-electron chi connectivity index (χ2n) is 11.6. The maximum Gasteiger partial charge on any atom is 0.407 e. The molecular weight excluding hydrogens is 724 g/mol. The van der Waals surface area contributed by atoms with Gasteiger partial charge in [-0.1, -0.05) is 47.7 Å². The Balaban J connectivity index is 1.44. The summed E-state index contributed by atoms with van der Waals surface area (Å²) in [6.45, 7) is 9.36. The van der Waals surface area contributed by atoms with E-state index in [9.17, 15) is 18.5 Å². The largest absolute Gasteiger partial charge is 0.444 e. The fourth-order valence-corrected chi connectivity index (χ4v) is 6.43. The van der Waals surface area contributed by atoms with Gasteiger partial charge in [0.15, 0.2) is 0 Å². The van der Waals surface area contributed by atoms with E-state index in [4.69, 9.17) is 4.74 Å². The first-order valence-electron chi connectivity index (χ1n) is 14.6. The summed E-state index contributed by atoms with van der Waals surface area (Å²) in [6.07, 6.45) is 3.40. The first kappa shape index (κ1) is 34.8. The van der Waals surface area contributed by atoms with Crippen molar-refractivity contribution in [3.05, 3.63) is 71.7 Å². The predicted molar refractivity (Wildman–Crippen MR) is 184 cm³/mol. The number of anilines is 2. The van der Waals surface area contributed by atoms with Crippen molar-refractivity contribution < 1.29 is 22.3 Å². The number of rotatable bonds is 11. The Morgan fingerprint density at radius 1 is 1.13 bits per heavy atom. The van der Waals surface area contributed by atoms with Crippen molar-refractivity contribution in [3.63, 3.8) is 0 Å². The number of nitriles is 1. The molecule has 14 heteroatoms. The monoisotopic (exact) mass is 759 g/mol. The van der Waals surface area contributed by atoms with Gasteiger partial charge in [-0.15, -0.1) is 0 Å². The molecule has 2 aromatic carbocycles. The number of carbonyl (C=O) groups is 1. The molecule has 2 heterocycles. The maximum atomic E-state index is 15.1. The van der Waals surface area contributed by atoms with Gasteiger partial charge in [0.05, 0.1) is 32.7 Å². The molecule has 2 atom stereocenters. The molecule has 0 aliphatic rings. The number of pyridine rings is 1. The van der Waals surface area contributed by atoms with E-state index in [1.165, 1.54) is 30.3 Å². The molecule has 0 bridgehead atoms. The second-order valence-corrected chi connectivity index (χ2v) is 14.8. The Labute approximate surface area is 281 Å². The van der Waals surface area contributed by atoms with Crippen LogP contribution < -0.4 is 15.4 Å². The molecule has 0 saturated carbocycles. The summed E-state index contributed by atoms with van der Waals surface area (Å²) in [7, 11) is -4.20. The molecule has 0 radical (unpaired) electrons. The van der Waals surface area contributed by atoms with Crippen LogP contribution in [0, 0.1) is 24.1 Å². The maximum absolute atomic E-state index is 15.1. The molecule has 2 aromatic heterocycles. The number of hydrogen-bond acceptors (Lipinski definition) is 9. The minimum absolute atomic E-state index is 0.00984. The van der Waals surface area contributed by atoms with Gasteiger partial charge in [-0.2, -0.15) is 5.26 Å². The van der Waals surface area contributed by atoms with Gasteiger partial charge >= 0.3 is 6.09 Å². The number of sulfonamides is 1. The molecule has 46 heavy (non-hydrogen) atoms. The van der Waals surface area contributed by atoms with Crippen LogP contribution in [0.2, 0.25) is 0 Å². The van der Waals surface area contributed by atoms with Gasteiger partial charge in [-0.25, -0.2) is 32.6 Å². The number of nitrogens with zero attached hydrogens (tertiary/aromatic N) is 4. The lowest BCUT2D eigenvalue weighted by molar-refractivity contribution is 0.0500. The van der Waals surface area contributed by atoms with Gasteiger partial charge in [0.25, 0.3) is 10.0 Å². The lowest BCUT2D eigenvalue weighted by atomic mass is 10.1.